The normalized spacial score (nSPS) is 17.5. The molecule has 1 atom stereocenters. The van der Waals surface area contributed by atoms with Crippen LogP contribution in [0.4, 0.5) is 0 Å². The molecule has 0 saturated carbocycles. The summed E-state index contributed by atoms with van der Waals surface area (Å²) in [6, 6.07) is 15.3. The number of hydrogen-bond donors (Lipinski definition) is 1. The van der Waals surface area contributed by atoms with E-state index < -0.39 is 17.7 Å². The average molecular weight is 490 g/mol. The molecule has 188 valence electrons. The van der Waals surface area contributed by atoms with Crippen molar-refractivity contribution >= 4 is 17.4 Å². The summed E-state index contributed by atoms with van der Waals surface area (Å²) < 4.78 is 16.9. The number of hydrogen-bond acceptors (Lipinski definition) is 6. The third-order valence-corrected chi connectivity index (χ3v) is 6.42. The Morgan fingerprint density at radius 2 is 1.69 bits per heavy atom. The number of ether oxygens (including phenoxy) is 2. The van der Waals surface area contributed by atoms with Crippen LogP contribution in [0.1, 0.15) is 55.0 Å². The van der Waals surface area contributed by atoms with Crippen LogP contribution in [0, 0.1) is 6.92 Å². The summed E-state index contributed by atoms with van der Waals surface area (Å²) in [5, 5.41) is 11.6. The number of benzene rings is 2. The van der Waals surface area contributed by atoms with E-state index in [9.17, 15) is 14.7 Å². The van der Waals surface area contributed by atoms with Gasteiger partial charge in [0.1, 0.15) is 34.8 Å². The molecular weight excluding hydrogens is 458 g/mol. The number of methoxy groups -OCH3 is 2. The molecule has 1 amide bonds. The number of nitrogens with zero attached hydrogens (tertiary/aromatic N) is 1. The molecule has 2 aromatic carbocycles. The van der Waals surface area contributed by atoms with Crippen LogP contribution in [-0.4, -0.2) is 35.9 Å². The van der Waals surface area contributed by atoms with Gasteiger partial charge in [0, 0.05) is 5.56 Å². The minimum absolute atomic E-state index is 0.0476. The maximum absolute atomic E-state index is 13.4. The Bertz CT molecular complexity index is 1340. The molecule has 1 saturated heterocycles. The van der Waals surface area contributed by atoms with Crippen LogP contribution in [0.15, 0.2) is 64.6 Å². The van der Waals surface area contributed by atoms with E-state index in [2.05, 4.69) is 20.8 Å². The first-order valence-electron chi connectivity index (χ1n) is 11.7. The van der Waals surface area contributed by atoms with Crippen LogP contribution >= 0.6 is 0 Å². The molecule has 7 heteroatoms. The van der Waals surface area contributed by atoms with Crippen molar-refractivity contribution in [2.75, 3.05) is 14.2 Å². The number of aliphatic hydroxyl groups is 1. The summed E-state index contributed by atoms with van der Waals surface area (Å²) >= 11 is 0. The molecule has 2 heterocycles. The maximum atomic E-state index is 13.4. The zero-order valence-corrected chi connectivity index (χ0v) is 21.4. The van der Waals surface area contributed by atoms with Gasteiger partial charge >= 0.3 is 0 Å². The average Bonchev–Trinajstić information content (AvgIpc) is 3.39. The van der Waals surface area contributed by atoms with E-state index in [1.165, 1.54) is 12.0 Å². The minimum Gasteiger partial charge on any atom is -0.507 e. The zero-order chi connectivity index (χ0) is 26.2. The van der Waals surface area contributed by atoms with Gasteiger partial charge in [-0.15, -0.1) is 0 Å². The summed E-state index contributed by atoms with van der Waals surface area (Å²) in [6.07, 6.45) is 0. The van der Waals surface area contributed by atoms with E-state index in [1.54, 1.807) is 44.4 Å². The van der Waals surface area contributed by atoms with Crippen molar-refractivity contribution in [3.63, 3.8) is 0 Å². The summed E-state index contributed by atoms with van der Waals surface area (Å²) in [6.45, 7) is 8.03. The number of ketones is 1. The van der Waals surface area contributed by atoms with Gasteiger partial charge in [0.15, 0.2) is 0 Å². The summed E-state index contributed by atoms with van der Waals surface area (Å²) in [7, 11) is 3.05. The van der Waals surface area contributed by atoms with Gasteiger partial charge in [-0.05, 0) is 48.2 Å². The number of Topliss-reactive ketones (excluding diaryl/α,β-unsaturated/α-hetero) is 1. The van der Waals surface area contributed by atoms with Crippen molar-refractivity contribution in [2.45, 2.75) is 45.7 Å². The van der Waals surface area contributed by atoms with Gasteiger partial charge in [-0.25, -0.2) is 0 Å². The molecule has 0 spiro atoms. The number of likely N-dealkylation sites (tertiary alicyclic amines) is 1. The Balaban J connectivity index is 1.92. The molecule has 1 aliphatic rings. The number of aliphatic hydroxyl groups excluding tert-OH is 1. The Labute approximate surface area is 210 Å². The second-order valence-corrected chi connectivity index (χ2v) is 9.85. The molecule has 1 unspecified atom stereocenters. The largest absolute Gasteiger partial charge is 0.507 e. The fourth-order valence-corrected chi connectivity index (χ4v) is 4.46. The molecule has 3 aromatic rings. The lowest BCUT2D eigenvalue weighted by molar-refractivity contribution is -0.140. The number of carbonyl (C=O) groups excluding carboxylic acids is 2. The molecule has 1 aromatic heterocycles. The summed E-state index contributed by atoms with van der Waals surface area (Å²) in [4.78, 5) is 28.2. The van der Waals surface area contributed by atoms with Crippen LogP contribution in [-0.2, 0) is 21.5 Å². The minimum atomic E-state index is -0.924. The van der Waals surface area contributed by atoms with Gasteiger partial charge < -0.3 is 23.9 Å². The third-order valence-electron chi connectivity index (χ3n) is 6.42. The molecular formula is C29H31NO6. The molecule has 0 radical (unpaired) electrons. The zero-order valence-electron chi connectivity index (χ0n) is 21.4. The quantitative estimate of drug-likeness (QED) is 0.278. The second-order valence-electron chi connectivity index (χ2n) is 9.85. The molecule has 7 nitrogen and oxygen atoms in total. The number of carbonyl (C=O) groups is 2. The van der Waals surface area contributed by atoms with Crippen LogP contribution in [0.3, 0.4) is 0 Å². The van der Waals surface area contributed by atoms with E-state index >= 15 is 0 Å². The molecule has 1 aliphatic heterocycles. The van der Waals surface area contributed by atoms with Gasteiger partial charge in [-0.1, -0.05) is 45.0 Å². The predicted octanol–water partition coefficient (Wildman–Crippen LogP) is 5.52. The van der Waals surface area contributed by atoms with Crippen molar-refractivity contribution in [1.29, 1.82) is 0 Å². The molecule has 1 fully saturated rings. The number of para-hydroxylation sites is 1. The van der Waals surface area contributed by atoms with Gasteiger partial charge in [-0.3, -0.25) is 9.59 Å². The van der Waals surface area contributed by atoms with Crippen molar-refractivity contribution in [3.8, 4) is 11.5 Å². The predicted molar refractivity (Wildman–Crippen MR) is 136 cm³/mol. The van der Waals surface area contributed by atoms with Crippen LogP contribution < -0.4 is 9.47 Å². The van der Waals surface area contributed by atoms with Crippen molar-refractivity contribution in [1.82, 2.24) is 4.90 Å². The highest BCUT2D eigenvalue weighted by atomic mass is 16.5. The van der Waals surface area contributed by atoms with Crippen LogP contribution in [0.5, 0.6) is 11.5 Å². The highest BCUT2D eigenvalue weighted by Gasteiger charge is 2.48. The van der Waals surface area contributed by atoms with E-state index in [1.807, 2.05) is 24.3 Å². The smallest absolute Gasteiger partial charge is 0.296 e. The third kappa shape index (κ3) is 4.49. The topological polar surface area (TPSA) is 89.2 Å². The Hall–Kier alpha value is -4.00. The molecule has 0 bridgehead atoms. The highest BCUT2D eigenvalue weighted by Crippen LogP contribution is 2.43. The Morgan fingerprint density at radius 1 is 1.00 bits per heavy atom. The molecule has 4 rings (SSSR count). The lowest BCUT2D eigenvalue weighted by atomic mass is 9.85. The van der Waals surface area contributed by atoms with Gasteiger partial charge in [-0.2, -0.15) is 0 Å². The number of furan rings is 1. The second kappa shape index (κ2) is 9.57. The fourth-order valence-electron chi connectivity index (χ4n) is 4.46. The standard InChI is InChI=1S/C29H31NO6/c1-17-11-13-23(36-17)25-24(26(31)20-15-19(29(2,3)4)12-14-22(20)35-6)27(32)28(33)30(25)16-18-9-7-8-10-21(18)34-5/h7-15,25,31H,16H2,1-6H3/b26-24+. The maximum Gasteiger partial charge on any atom is 0.296 e. The molecule has 1 N–H and O–H groups in total. The van der Waals surface area contributed by atoms with E-state index in [-0.39, 0.29) is 23.3 Å². The highest BCUT2D eigenvalue weighted by molar-refractivity contribution is 6.46. The first-order valence-corrected chi connectivity index (χ1v) is 11.7. The number of aryl methyl sites for hydroxylation is 1. The monoisotopic (exact) mass is 489 g/mol. The Kier molecular flexibility index (Phi) is 6.67. The van der Waals surface area contributed by atoms with Gasteiger partial charge in [0.05, 0.1) is 31.9 Å². The Morgan fingerprint density at radius 3 is 2.31 bits per heavy atom. The molecule has 36 heavy (non-hydrogen) atoms. The van der Waals surface area contributed by atoms with Crippen molar-refractivity contribution in [3.05, 3.63) is 88.4 Å². The fraction of sp³-hybridized carbons (Fsp3) is 0.310. The lowest BCUT2D eigenvalue weighted by Crippen LogP contribution is -2.29. The van der Waals surface area contributed by atoms with Gasteiger partial charge in [0.2, 0.25) is 0 Å². The number of amides is 1. The van der Waals surface area contributed by atoms with Gasteiger partial charge in [0.25, 0.3) is 11.7 Å². The van der Waals surface area contributed by atoms with Crippen LogP contribution in [0.25, 0.3) is 5.76 Å². The molecule has 0 aliphatic carbocycles. The lowest BCUT2D eigenvalue weighted by Gasteiger charge is -2.25. The van der Waals surface area contributed by atoms with Crippen LogP contribution in [0.2, 0.25) is 0 Å². The summed E-state index contributed by atoms with van der Waals surface area (Å²) in [5.41, 5.74) is 1.75. The van der Waals surface area contributed by atoms with Crippen molar-refractivity contribution < 1.29 is 28.6 Å². The summed E-state index contributed by atoms with van der Waals surface area (Å²) in [5.74, 6) is 0.170. The first kappa shape index (κ1) is 25.1. The van der Waals surface area contributed by atoms with Crippen molar-refractivity contribution in [2.24, 2.45) is 0 Å². The first-order chi connectivity index (χ1) is 17.1. The van der Waals surface area contributed by atoms with E-state index in [0.717, 1.165) is 11.1 Å². The number of rotatable bonds is 6. The van der Waals surface area contributed by atoms with E-state index in [4.69, 9.17) is 13.9 Å². The van der Waals surface area contributed by atoms with E-state index in [0.29, 0.717) is 28.6 Å². The SMILES string of the molecule is COc1ccccc1CN1C(=O)C(=O)/C(=C(/O)c2cc(C(C)(C)C)ccc2OC)C1c1ccc(C)o1.